The van der Waals surface area contributed by atoms with Gasteiger partial charge in [0.15, 0.2) is 5.84 Å². The van der Waals surface area contributed by atoms with Gasteiger partial charge in [-0.1, -0.05) is 0 Å². The Hall–Kier alpha value is -2.15. The van der Waals surface area contributed by atoms with Crippen LogP contribution in [0.5, 0.6) is 0 Å². The van der Waals surface area contributed by atoms with Crippen LogP contribution in [0.2, 0.25) is 0 Å². The van der Waals surface area contributed by atoms with Crippen molar-refractivity contribution in [2.45, 2.75) is 6.92 Å². The lowest BCUT2D eigenvalue weighted by atomic mass is 10.1. The molecule has 0 fully saturated rings. The van der Waals surface area contributed by atoms with E-state index in [4.69, 9.17) is 21.5 Å². The molecule has 0 radical (unpaired) electrons. The fraction of sp³-hybridized carbons (Fsp3) is 0.0909. The molecule has 8 heteroatoms. The van der Waals surface area contributed by atoms with Crippen molar-refractivity contribution >= 4 is 45.8 Å². The molecule has 0 aliphatic rings. The molecular weight excluding hydrogens is 361 g/mol. The van der Waals surface area contributed by atoms with Crippen molar-refractivity contribution in [2.24, 2.45) is 10.8 Å². The van der Waals surface area contributed by atoms with E-state index in [0.29, 0.717) is 5.56 Å². The van der Waals surface area contributed by atoms with Crippen LogP contribution in [0.1, 0.15) is 15.9 Å². The van der Waals surface area contributed by atoms with Gasteiger partial charge >= 0.3 is 5.97 Å². The molecule has 0 atom stereocenters. The summed E-state index contributed by atoms with van der Waals surface area (Å²) in [6, 6.07) is 4.89. The third-order valence-corrected chi connectivity index (χ3v) is 2.79. The number of aryl methyl sites for hydroxylation is 1. The Morgan fingerprint density at radius 2 is 2.26 bits per heavy atom. The molecule has 0 aliphatic carbocycles. The number of carboxylic acid groups (broad SMARTS) is 1. The summed E-state index contributed by atoms with van der Waals surface area (Å²) in [5, 5.41) is 28.6. The van der Waals surface area contributed by atoms with Crippen molar-refractivity contribution in [2.75, 3.05) is 5.43 Å². The average Bonchev–Trinajstić information content (AvgIpc) is 2.30. The first-order chi connectivity index (χ1) is 8.86. The number of amidine groups is 1. The third-order valence-electron chi connectivity index (χ3n) is 2.17. The fourth-order valence-corrected chi connectivity index (χ4v) is 2.10. The Morgan fingerprint density at radius 3 is 2.74 bits per heavy atom. The molecule has 0 spiro atoms. The summed E-state index contributed by atoms with van der Waals surface area (Å²) in [6.45, 7) is 1.71. The zero-order chi connectivity index (χ0) is 14.6. The second-order valence-corrected chi connectivity index (χ2v) is 4.79. The number of hydrazone groups is 1. The predicted octanol–water partition coefficient (Wildman–Crippen LogP) is 1.53. The number of carboxylic acids is 1. The van der Waals surface area contributed by atoms with Crippen molar-refractivity contribution in [3.8, 4) is 6.07 Å². The van der Waals surface area contributed by atoms with E-state index in [2.05, 4.69) is 10.5 Å². The van der Waals surface area contributed by atoms with Gasteiger partial charge in [-0.15, -0.1) is 0 Å². The number of hydrogen-bond acceptors (Lipinski definition) is 5. The molecule has 0 amide bonds. The first kappa shape index (κ1) is 14.9. The van der Waals surface area contributed by atoms with Crippen molar-refractivity contribution in [1.29, 1.82) is 10.7 Å². The number of nitrogens with zero attached hydrogens (tertiary/aromatic N) is 2. The molecule has 0 heterocycles. The Morgan fingerprint density at radius 1 is 1.63 bits per heavy atom. The number of hydrogen-bond donors (Lipinski definition) is 4. The van der Waals surface area contributed by atoms with Crippen molar-refractivity contribution in [1.82, 2.24) is 0 Å². The SMILES string of the molecule is Cc1cc(I)cc(C(=O)O)c1N/N=C(\C#N)C(=N)N. The first-order valence-electron chi connectivity index (χ1n) is 4.98. The zero-order valence-electron chi connectivity index (χ0n) is 9.86. The minimum Gasteiger partial charge on any atom is -0.478 e. The molecule has 0 aliphatic heterocycles. The van der Waals surface area contributed by atoms with Crippen LogP contribution < -0.4 is 11.2 Å². The lowest BCUT2D eigenvalue weighted by Crippen LogP contribution is -2.22. The van der Waals surface area contributed by atoms with Crippen molar-refractivity contribution < 1.29 is 9.90 Å². The van der Waals surface area contributed by atoms with Gasteiger partial charge < -0.3 is 10.8 Å². The molecule has 0 unspecified atom stereocenters. The molecule has 1 rings (SSSR count). The Balaban J connectivity index is 3.25. The molecule has 0 aromatic heterocycles. The van der Waals surface area contributed by atoms with E-state index in [-0.39, 0.29) is 17.0 Å². The van der Waals surface area contributed by atoms with E-state index in [9.17, 15) is 4.79 Å². The van der Waals surface area contributed by atoms with Crippen LogP contribution >= 0.6 is 22.6 Å². The topological polar surface area (TPSA) is 135 Å². The van der Waals surface area contributed by atoms with E-state index in [0.717, 1.165) is 3.57 Å². The second kappa shape index (κ2) is 6.14. The third kappa shape index (κ3) is 3.65. The lowest BCUT2D eigenvalue weighted by Gasteiger charge is -2.10. The van der Waals surface area contributed by atoms with Gasteiger partial charge in [-0.3, -0.25) is 10.8 Å². The highest BCUT2D eigenvalue weighted by molar-refractivity contribution is 14.1. The zero-order valence-corrected chi connectivity index (χ0v) is 12.0. The van der Waals surface area contributed by atoms with E-state index in [1.165, 1.54) is 6.07 Å². The largest absolute Gasteiger partial charge is 0.478 e. The quantitative estimate of drug-likeness (QED) is 0.275. The molecular formula is C11H10IN5O2. The lowest BCUT2D eigenvalue weighted by molar-refractivity contribution is 0.0697. The summed E-state index contributed by atoms with van der Waals surface area (Å²) < 4.78 is 0.772. The molecule has 1 aromatic carbocycles. The summed E-state index contributed by atoms with van der Waals surface area (Å²) >= 11 is 2.01. The van der Waals surface area contributed by atoms with Crippen molar-refractivity contribution in [3.05, 3.63) is 26.8 Å². The Bertz CT molecular complexity index is 618. The number of nitriles is 1. The van der Waals surface area contributed by atoms with Crippen LogP contribution in [0.3, 0.4) is 0 Å². The molecule has 5 N–H and O–H groups in total. The highest BCUT2D eigenvalue weighted by Gasteiger charge is 2.14. The highest BCUT2D eigenvalue weighted by atomic mass is 127. The summed E-state index contributed by atoms with van der Waals surface area (Å²) in [7, 11) is 0. The smallest absolute Gasteiger partial charge is 0.337 e. The molecule has 0 saturated heterocycles. The number of carbonyl (C=O) groups is 1. The van der Waals surface area contributed by atoms with Crippen LogP contribution in [-0.2, 0) is 0 Å². The molecule has 7 nitrogen and oxygen atoms in total. The summed E-state index contributed by atoms with van der Waals surface area (Å²) in [5.74, 6) is -1.60. The number of benzene rings is 1. The van der Waals surface area contributed by atoms with Gasteiger partial charge in [0.2, 0.25) is 5.71 Å². The monoisotopic (exact) mass is 371 g/mol. The van der Waals surface area contributed by atoms with Gasteiger partial charge in [0.25, 0.3) is 0 Å². The summed E-state index contributed by atoms with van der Waals surface area (Å²) in [5.41, 5.74) is 8.28. The second-order valence-electron chi connectivity index (χ2n) is 3.55. The van der Waals surface area contributed by atoms with Crippen LogP contribution in [0.25, 0.3) is 0 Å². The van der Waals surface area contributed by atoms with Crippen LogP contribution in [0, 0.1) is 27.2 Å². The maximum atomic E-state index is 11.2. The van der Waals surface area contributed by atoms with Crippen LogP contribution in [0.4, 0.5) is 5.69 Å². The number of aromatic carboxylic acids is 1. The average molecular weight is 371 g/mol. The Kier molecular flexibility index (Phi) is 4.82. The molecule has 0 bridgehead atoms. The first-order valence-corrected chi connectivity index (χ1v) is 6.06. The molecule has 1 aromatic rings. The fourth-order valence-electron chi connectivity index (χ4n) is 1.32. The number of rotatable bonds is 4. The molecule has 19 heavy (non-hydrogen) atoms. The minimum absolute atomic E-state index is 0.0361. The van der Waals surface area contributed by atoms with Gasteiger partial charge in [0.05, 0.1) is 11.3 Å². The van der Waals surface area contributed by atoms with Gasteiger partial charge in [-0.2, -0.15) is 10.4 Å². The van der Waals surface area contributed by atoms with Crippen LogP contribution in [-0.4, -0.2) is 22.6 Å². The summed E-state index contributed by atoms with van der Waals surface area (Å²) in [4.78, 5) is 11.2. The summed E-state index contributed by atoms with van der Waals surface area (Å²) in [6.07, 6.45) is 0. The van der Waals surface area contributed by atoms with E-state index < -0.39 is 11.8 Å². The predicted molar refractivity (Wildman–Crippen MR) is 79.4 cm³/mol. The maximum Gasteiger partial charge on any atom is 0.337 e. The van der Waals surface area contributed by atoms with Gasteiger partial charge in [-0.25, -0.2) is 4.79 Å². The van der Waals surface area contributed by atoms with Crippen LogP contribution in [0.15, 0.2) is 17.2 Å². The minimum atomic E-state index is -1.11. The van der Waals surface area contributed by atoms with E-state index in [1.54, 1.807) is 19.1 Å². The molecule has 98 valence electrons. The van der Waals surface area contributed by atoms with Gasteiger partial charge in [0.1, 0.15) is 6.07 Å². The number of halogens is 1. The van der Waals surface area contributed by atoms with Crippen molar-refractivity contribution in [3.63, 3.8) is 0 Å². The number of nitrogens with one attached hydrogen (secondary N) is 2. The highest BCUT2D eigenvalue weighted by Crippen LogP contribution is 2.24. The van der Waals surface area contributed by atoms with E-state index >= 15 is 0 Å². The van der Waals surface area contributed by atoms with Gasteiger partial charge in [-0.05, 0) is 47.2 Å². The number of nitrogens with two attached hydrogens (primary N) is 1. The van der Waals surface area contributed by atoms with Gasteiger partial charge in [0, 0.05) is 3.57 Å². The normalized spacial score (nSPS) is 10.7. The number of anilines is 1. The standard InChI is InChI=1S/C11H10IN5O2/c1-5-2-6(12)3-7(11(18)19)9(5)17-16-8(4-13)10(14)15/h2-3,17H,1H3,(H3,14,15)(H,18,19)/b16-8+. The maximum absolute atomic E-state index is 11.2. The van der Waals surface area contributed by atoms with E-state index in [1.807, 2.05) is 22.6 Å². The Labute approximate surface area is 122 Å². The molecule has 0 saturated carbocycles.